The second kappa shape index (κ2) is 9.15. The smallest absolute Gasteiger partial charge is 0.255 e. The average Bonchev–Trinajstić information content (AvgIpc) is 2.72. The first-order valence-corrected chi connectivity index (χ1v) is 8.97. The largest absolute Gasteiger partial charge is 0.497 e. The summed E-state index contributed by atoms with van der Waals surface area (Å²) in [5.74, 6) is 1.48. The third kappa shape index (κ3) is 4.96. The molecule has 0 fully saturated rings. The van der Waals surface area contributed by atoms with E-state index >= 15 is 0 Å². The van der Waals surface area contributed by atoms with E-state index in [1.54, 1.807) is 49.6 Å². The van der Waals surface area contributed by atoms with E-state index in [1.807, 2.05) is 24.3 Å². The number of rotatable bonds is 7. The monoisotopic (exact) mass is 397 g/mol. The van der Waals surface area contributed by atoms with Crippen molar-refractivity contribution < 1.29 is 19.0 Å². The van der Waals surface area contributed by atoms with Crippen molar-refractivity contribution in [2.45, 2.75) is 6.61 Å². The van der Waals surface area contributed by atoms with Crippen LogP contribution in [0.2, 0.25) is 5.02 Å². The zero-order chi connectivity index (χ0) is 19.9. The fraction of sp³-hybridized carbons (Fsp3) is 0.136. The maximum atomic E-state index is 12.6. The molecule has 144 valence electrons. The molecule has 0 spiro atoms. The molecule has 3 aromatic rings. The van der Waals surface area contributed by atoms with Crippen LogP contribution in [0.15, 0.2) is 66.7 Å². The molecule has 0 atom stereocenters. The number of amides is 1. The first-order valence-electron chi connectivity index (χ1n) is 8.59. The molecule has 0 saturated heterocycles. The molecule has 0 aliphatic carbocycles. The molecule has 28 heavy (non-hydrogen) atoms. The number of halogens is 1. The Morgan fingerprint density at radius 1 is 0.929 bits per heavy atom. The fourth-order valence-electron chi connectivity index (χ4n) is 2.62. The number of carbonyl (C=O) groups is 1. The van der Waals surface area contributed by atoms with Gasteiger partial charge in [-0.05, 0) is 48.0 Å². The van der Waals surface area contributed by atoms with E-state index in [9.17, 15) is 4.79 Å². The molecule has 0 heterocycles. The summed E-state index contributed by atoms with van der Waals surface area (Å²) in [6.07, 6.45) is 0. The van der Waals surface area contributed by atoms with E-state index in [1.165, 1.54) is 7.11 Å². The second-order valence-corrected chi connectivity index (χ2v) is 6.40. The van der Waals surface area contributed by atoms with E-state index in [2.05, 4.69) is 5.32 Å². The Morgan fingerprint density at radius 2 is 1.75 bits per heavy atom. The van der Waals surface area contributed by atoms with Gasteiger partial charge in [0.1, 0.15) is 23.9 Å². The van der Waals surface area contributed by atoms with E-state index in [0.29, 0.717) is 40.1 Å². The normalized spacial score (nSPS) is 10.2. The molecule has 0 aliphatic heterocycles. The number of nitrogens with one attached hydrogen (secondary N) is 1. The molecule has 6 heteroatoms. The summed E-state index contributed by atoms with van der Waals surface area (Å²) in [5, 5.41) is 3.50. The van der Waals surface area contributed by atoms with Crippen molar-refractivity contribution in [2.75, 3.05) is 19.5 Å². The van der Waals surface area contributed by atoms with E-state index in [0.717, 1.165) is 5.56 Å². The van der Waals surface area contributed by atoms with Gasteiger partial charge in [0.25, 0.3) is 5.91 Å². The van der Waals surface area contributed by atoms with Crippen LogP contribution in [0.25, 0.3) is 0 Å². The van der Waals surface area contributed by atoms with E-state index in [4.69, 9.17) is 25.8 Å². The van der Waals surface area contributed by atoms with Gasteiger partial charge in [-0.25, -0.2) is 0 Å². The van der Waals surface area contributed by atoms with Crippen molar-refractivity contribution in [1.29, 1.82) is 0 Å². The maximum Gasteiger partial charge on any atom is 0.255 e. The van der Waals surface area contributed by atoms with Crippen molar-refractivity contribution in [3.05, 3.63) is 82.9 Å². The van der Waals surface area contributed by atoms with Gasteiger partial charge in [-0.15, -0.1) is 0 Å². The lowest BCUT2D eigenvalue weighted by Crippen LogP contribution is -2.12. The zero-order valence-corrected chi connectivity index (χ0v) is 16.3. The minimum Gasteiger partial charge on any atom is -0.497 e. The highest BCUT2D eigenvalue weighted by molar-refractivity contribution is 6.30. The highest BCUT2D eigenvalue weighted by atomic mass is 35.5. The van der Waals surface area contributed by atoms with Gasteiger partial charge in [0.05, 0.1) is 19.9 Å². The summed E-state index contributed by atoms with van der Waals surface area (Å²) in [4.78, 5) is 12.6. The second-order valence-electron chi connectivity index (χ2n) is 5.97. The maximum absolute atomic E-state index is 12.6. The van der Waals surface area contributed by atoms with Crippen molar-refractivity contribution in [3.8, 4) is 17.2 Å². The van der Waals surface area contributed by atoms with Crippen molar-refractivity contribution >= 4 is 23.2 Å². The Morgan fingerprint density at radius 3 is 2.50 bits per heavy atom. The number of hydrogen-bond donors (Lipinski definition) is 1. The van der Waals surface area contributed by atoms with Crippen LogP contribution in [0.3, 0.4) is 0 Å². The third-order valence-corrected chi connectivity index (χ3v) is 4.28. The van der Waals surface area contributed by atoms with E-state index < -0.39 is 0 Å². The van der Waals surface area contributed by atoms with Gasteiger partial charge in [-0.2, -0.15) is 0 Å². The number of ether oxygens (including phenoxy) is 3. The molecule has 1 N–H and O–H groups in total. The highest BCUT2D eigenvalue weighted by Crippen LogP contribution is 2.29. The molecule has 0 saturated carbocycles. The number of hydrogen-bond acceptors (Lipinski definition) is 4. The van der Waals surface area contributed by atoms with Crippen LogP contribution in [0.5, 0.6) is 17.2 Å². The molecule has 0 bridgehead atoms. The first-order chi connectivity index (χ1) is 13.6. The molecule has 3 aromatic carbocycles. The van der Waals surface area contributed by atoms with Crippen molar-refractivity contribution in [2.24, 2.45) is 0 Å². The minimum absolute atomic E-state index is 0.267. The van der Waals surface area contributed by atoms with Crippen LogP contribution in [0.4, 0.5) is 5.69 Å². The molecule has 1 amide bonds. The number of benzene rings is 3. The minimum atomic E-state index is -0.267. The Hall–Kier alpha value is -3.18. The quantitative estimate of drug-likeness (QED) is 0.596. The number of methoxy groups -OCH3 is 2. The molecular weight excluding hydrogens is 378 g/mol. The zero-order valence-electron chi connectivity index (χ0n) is 15.6. The summed E-state index contributed by atoms with van der Waals surface area (Å²) in [6, 6.07) is 19.6. The van der Waals surface area contributed by atoms with Gasteiger partial charge in [-0.3, -0.25) is 4.79 Å². The van der Waals surface area contributed by atoms with Crippen LogP contribution in [0.1, 0.15) is 15.9 Å². The standard InChI is InChI=1S/C22H20ClNO4/c1-26-18-9-10-20(21(13-18)27-2)24-22(25)16-6-4-8-19(12-16)28-14-15-5-3-7-17(23)11-15/h3-13H,14H2,1-2H3,(H,24,25). The predicted molar refractivity (Wildman–Crippen MR) is 110 cm³/mol. The molecule has 0 radical (unpaired) electrons. The highest BCUT2D eigenvalue weighted by Gasteiger charge is 2.12. The average molecular weight is 398 g/mol. The lowest BCUT2D eigenvalue weighted by Gasteiger charge is -2.12. The number of anilines is 1. The topological polar surface area (TPSA) is 56.8 Å². The van der Waals surface area contributed by atoms with Gasteiger partial charge in [0.2, 0.25) is 0 Å². The van der Waals surface area contributed by atoms with Crippen molar-refractivity contribution in [3.63, 3.8) is 0 Å². The number of carbonyl (C=O) groups excluding carboxylic acids is 1. The molecular formula is C22H20ClNO4. The Balaban J connectivity index is 1.70. The predicted octanol–water partition coefficient (Wildman–Crippen LogP) is 5.19. The van der Waals surface area contributed by atoms with Gasteiger partial charge >= 0.3 is 0 Å². The summed E-state index contributed by atoms with van der Waals surface area (Å²) in [5.41, 5.74) is 1.98. The van der Waals surface area contributed by atoms with Crippen LogP contribution in [-0.4, -0.2) is 20.1 Å². The van der Waals surface area contributed by atoms with Crippen LogP contribution < -0.4 is 19.5 Å². The van der Waals surface area contributed by atoms with Gasteiger partial charge < -0.3 is 19.5 Å². The van der Waals surface area contributed by atoms with Crippen LogP contribution >= 0.6 is 11.6 Å². The summed E-state index contributed by atoms with van der Waals surface area (Å²) in [6.45, 7) is 0.359. The summed E-state index contributed by atoms with van der Waals surface area (Å²) in [7, 11) is 3.11. The van der Waals surface area contributed by atoms with Crippen LogP contribution in [0, 0.1) is 0 Å². The molecule has 5 nitrogen and oxygen atoms in total. The lowest BCUT2D eigenvalue weighted by atomic mass is 10.2. The molecule has 0 unspecified atom stereocenters. The third-order valence-electron chi connectivity index (χ3n) is 4.05. The van der Waals surface area contributed by atoms with Gasteiger partial charge in [0.15, 0.2) is 0 Å². The van der Waals surface area contributed by atoms with Gasteiger partial charge in [0, 0.05) is 16.7 Å². The SMILES string of the molecule is COc1ccc(NC(=O)c2cccc(OCc3cccc(Cl)c3)c2)c(OC)c1. The Bertz CT molecular complexity index is 974. The molecule has 0 aliphatic rings. The first kappa shape index (κ1) is 19.6. The fourth-order valence-corrected chi connectivity index (χ4v) is 2.83. The lowest BCUT2D eigenvalue weighted by molar-refractivity contribution is 0.102. The van der Waals surface area contributed by atoms with Crippen molar-refractivity contribution in [1.82, 2.24) is 0 Å². The molecule has 0 aromatic heterocycles. The Kier molecular flexibility index (Phi) is 6.40. The Labute approximate surface area is 168 Å². The van der Waals surface area contributed by atoms with Gasteiger partial charge in [-0.1, -0.05) is 29.8 Å². The van der Waals surface area contributed by atoms with E-state index in [-0.39, 0.29) is 5.91 Å². The summed E-state index contributed by atoms with van der Waals surface area (Å²) >= 11 is 5.99. The summed E-state index contributed by atoms with van der Waals surface area (Å²) < 4.78 is 16.3. The molecule has 3 rings (SSSR count). The van der Waals surface area contributed by atoms with Crippen LogP contribution in [-0.2, 0) is 6.61 Å².